The Morgan fingerprint density at radius 3 is 2.88 bits per heavy atom. The first-order chi connectivity index (χ1) is 11.7. The molecule has 0 spiro atoms. The zero-order valence-electron chi connectivity index (χ0n) is 12.9. The van der Waals surface area contributed by atoms with E-state index in [1.807, 2.05) is 24.3 Å². The molecule has 4 rings (SSSR count). The van der Waals surface area contributed by atoms with Crippen LogP contribution in [-0.4, -0.2) is 33.2 Å². The second kappa shape index (κ2) is 6.29. The summed E-state index contributed by atoms with van der Waals surface area (Å²) in [4.78, 5) is 27.9. The van der Waals surface area contributed by atoms with E-state index in [1.54, 1.807) is 11.8 Å². The molecule has 2 aromatic rings. The van der Waals surface area contributed by atoms with Crippen LogP contribution in [0.2, 0.25) is 0 Å². The molecule has 0 radical (unpaired) electrons. The van der Waals surface area contributed by atoms with Crippen molar-refractivity contribution < 1.29 is 9.59 Å². The van der Waals surface area contributed by atoms with Crippen molar-refractivity contribution in [2.24, 2.45) is 0 Å². The number of carbonyl (C=O) groups is 2. The van der Waals surface area contributed by atoms with E-state index < -0.39 is 6.04 Å². The highest BCUT2D eigenvalue weighted by Gasteiger charge is 2.24. The van der Waals surface area contributed by atoms with Gasteiger partial charge in [-0.2, -0.15) is 0 Å². The molecule has 7 nitrogen and oxygen atoms in total. The first-order valence-electron chi connectivity index (χ1n) is 7.85. The third-order valence-electron chi connectivity index (χ3n) is 4.11. The van der Waals surface area contributed by atoms with Crippen molar-refractivity contribution in [2.75, 3.05) is 11.1 Å². The number of aryl methyl sites for hydroxylation is 1. The minimum absolute atomic E-state index is 0.0893. The molecule has 1 fully saturated rings. The molecule has 124 valence electrons. The van der Waals surface area contributed by atoms with Crippen LogP contribution < -0.4 is 16.2 Å². The highest BCUT2D eigenvalue weighted by Crippen LogP contribution is 2.29. The molecule has 1 aromatic heterocycles. The summed E-state index contributed by atoms with van der Waals surface area (Å²) in [6.07, 6.45) is 2.91. The van der Waals surface area contributed by atoms with Crippen molar-refractivity contribution in [1.29, 1.82) is 0 Å². The fraction of sp³-hybridized carbons (Fsp3) is 0.312. The molecule has 2 aliphatic rings. The number of anilines is 1. The Bertz CT molecular complexity index is 755. The fourth-order valence-corrected chi connectivity index (χ4v) is 3.72. The zero-order chi connectivity index (χ0) is 16.5. The largest absolute Gasteiger partial charge is 0.325 e. The maximum Gasteiger partial charge on any atom is 0.243 e. The summed E-state index contributed by atoms with van der Waals surface area (Å²) in [5.74, 6) is 0.845. The Kier molecular flexibility index (Phi) is 3.99. The molecule has 0 bridgehead atoms. The molecule has 2 aliphatic heterocycles. The van der Waals surface area contributed by atoms with E-state index in [0.29, 0.717) is 12.8 Å². The van der Waals surface area contributed by atoms with Gasteiger partial charge in [-0.25, -0.2) is 10.4 Å². The lowest BCUT2D eigenvalue weighted by Crippen LogP contribution is -2.54. The average Bonchev–Trinajstić information content (AvgIpc) is 3.18. The van der Waals surface area contributed by atoms with Gasteiger partial charge >= 0.3 is 0 Å². The number of rotatable bonds is 3. The van der Waals surface area contributed by atoms with Crippen molar-refractivity contribution in [3.63, 3.8) is 0 Å². The molecule has 0 aliphatic carbocycles. The second-order valence-corrected chi connectivity index (χ2v) is 6.86. The van der Waals surface area contributed by atoms with Gasteiger partial charge in [0.05, 0.1) is 5.69 Å². The Labute approximate surface area is 143 Å². The van der Waals surface area contributed by atoms with E-state index in [1.165, 1.54) is 0 Å². The number of benzene rings is 1. The van der Waals surface area contributed by atoms with Gasteiger partial charge in [0.15, 0.2) is 5.16 Å². The van der Waals surface area contributed by atoms with Crippen LogP contribution in [0.5, 0.6) is 0 Å². The van der Waals surface area contributed by atoms with Gasteiger partial charge in [0.2, 0.25) is 11.8 Å². The van der Waals surface area contributed by atoms with E-state index in [2.05, 4.69) is 31.9 Å². The number of nitrogens with one attached hydrogen (secondary N) is 3. The molecule has 3 heterocycles. The minimum Gasteiger partial charge on any atom is -0.325 e. The molecular weight excluding hydrogens is 326 g/mol. The van der Waals surface area contributed by atoms with Crippen LogP contribution in [0.15, 0.2) is 35.6 Å². The normalized spacial score (nSPS) is 19.7. The molecule has 2 amide bonds. The molecule has 0 saturated carbocycles. The van der Waals surface area contributed by atoms with E-state index >= 15 is 0 Å². The topological polar surface area (TPSA) is 88.0 Å². The third kappa shape index (κ3) is 3.02. The Balaban J connectivity index is 1.42. The van der Waals surface area contributed by atoms with Crippen molar-refractivity contribution in [3.8, 4) is 11.3 Å². The van der Waals surface area contributed by atoms with Crippen molar-refractivity contribution >= 4 is 29.3 Å². The van der Waals surface area contributed by atoms with Crippen LogP contribution in [-0.2, 0) is 16.1 Å². The third-order valence-corrected chi connectivity index (χ3v) is 5.08. The van der Waals surface area contributed by atoms with Gasteiger partial charge in [-0.3, -0.25) is 15.0 Å². The van der Waals surface area contributed by atoms with Crippen LogP contribution in [0.1, 0.15) is 12.8 Å². The molecule has 1 saturated heterocycles. The Morgan fingerprint density at radius 1 is 1.33 bits per heavy atom. The van der Waals surface area contributed by atoms with E-state index in [0.717, 1.165) is 34.4 Å². The summed E-state index contributed by atoms with van der Waals surface area (Å²) < 4.78 is 2.17. The van der Waals surface area contributed by atoms with E-state index in [-0.39, 0.29) is 11.8 Å². The van der Waals surface area contributed by atoms with Crippen molar-refractivity contribution in [3.05, 3.63) is 30.5 Å². The molecule has 1 unspecified atom stereocenters. The SMILES string of the molecule is O=C1CCC(C(=O)Nc2ccc(-c3cn4c(n3)SCC4)cc2)NN1. The molecule has 3 N–H and O–H groups in total. The summed E-state index contributed by atoms with van der Waals surface area (Å²) in [6, 6.07) is 7.23. The van der Waals surface area contributed by atoms with Crippen LogP contribution in [0.3, 0.4) is 0 Å². The lowest BCUT2D eigenvalue weighted by Gasteiger charge is -2.22. The van der Waals surface area contributed by atoms with Crippen LogP contribution in [0.4, 0.5) is 5.69 Å². The predicted molar refractivity (Wildman–Crippen MR) is 91.3 cm³/mol. The quantitative estimate of drug-likeness (QED) is 0.784. The summed E-state index contributed by atoms with van der Waals surface area (Å²) in [5, 5.41) is 3.92. The predicted octanol–water partition coefficient (Wildman–Crippen LogP) is 1.38. The summed E-state index contributed by atoms with van der Waals surface area (Å²) in [7, 11) is 0. The number of hydrazine groups is 1. The van der Waals surface area contributed by atoms with E-state index in [9.17, 15) is 9.59 Å². The summed E-state index contributed by atoms with van der Waals surface area (Å²) in [6.45, 7) is 1.01. The number of thioether (sulfide) groups is 1. The first kappa shape index (κ1) is 15.2. The van der Waals surface area contributed by atoms with Gasteiger partial charge in [-0.15, -0.1) is 0 Å². The Morgan fingerprint density at radius 2 is 2.17 bits per heavy atom. The fourth-order valence-electron chi connectivity index (χ4n) is 2.78. The number of fused-ring (bicyclic) bond motifs is 1. The molecule has 1 atom stereocenters. The number of nitrogens with zero attached hydrogens (tertiary/aromatic N) is 2. The highest BCUT2D eigenvalue weighted by atomic mass is 32.2. The number of amides is 2. The maximum atomic E-state index is 12.2. The second-order valence-electron chi connectivity index (χ2n) is 5.80. The highest BCUT2D eigenvalue weighted by molar-refractivity contribution is 7.99. The lowest BCUT2D eigenvalue weighted by molar-refractivity contribution is -0.126. The monoisotopic (exact) mass is 343 g/mol. The molecular formula is C16H17N5O2S. The van der Waals surface area contributed by atoms with E-state index in [4.69, 9.17) is 0 Å². The van der Waals surface area contributed by atoms with Gasteiger partial charge < -0.3 is 9.88 Å². The first-order valence-corrected chi connectivity index (χ1v) is 8.83. The van der Waals surface area contributed by atoms with Crippen molar-refractivity contribution in [2.45, 2.75) is 30.6 Å². The van der Waals surface area contributed by atoms with Crippen LogP contribution in [0.25, 0.3) is 11.3 Å². The maximum absolute atomic E-state index is 12.2. The summed E-state index contributed by atoms with van der Waals surface area (Å²) in [5.41, 5.74) is 7.91. The average molecular weight is 343 g/mol. The Hall–Kier alpha value is -2.32. The molecule has 1 aromatic carbocycles. The number of hydrogen-bond acceptors (Lipinski definition) is 5. The van der Waals surface area contributed by atoms with Crippen molar-refractivity contribution in [1.82, 2.24) is 20.4 Å². The zero-order valence-corrected chi connectivity index (χ0v) is 13.7. The minimum atomic E-state index is -0.407. The molecule has 24 heavy (non-hydrogen) atoms. The smallest absolute Gasteiger partial charge is 0.243 e. The van der Waals surface area contributed by atoms with Gasteiger partial charge in [0.1, 0.15) is 6.04 Å². The summed E-state index contributed by atoms with van der Waals surface area (Å²) >= 11 is 1.77. The van der Waals surface area contributed by atoms with Crippen LogP contribution in [0, 0.1) is 0 Å². The van der Waals surface area contributed by atoms with Crippen LogP contribution >= 0.6 is 11.8 Å². The van der Waals surface area contributed by atoms with Gasteiger partial charge in [-0.1, -0.05) is 23.9 Å². The molecule has 8 heteroatoms. The van der Waals surface area contributed by atoms with Gasteiger partial charge in [0.25, 0.3) is 0 Å². The number of hydrogen-bond donors (Lipinski definition) is 3. The van der Waals surface area contributed by atoms with Gasteiger partial charge in [0, 0.05) is 36.2 Å². The lowest BCUT2D eigenvalue weighted by atomic mass is 10.1. The number of carbonyl (C=O) groups excluding carboxylic acids is 2. The van der Waals surface area contributed by atoms with Gasteiger partial charge in [-0.05, 0) is 18.6 Å². The number of imidazole rings is 1. The standard InChI is InChI=1S/C16H17N5O2S/c22-14-6-5-12(19-20-14)15(23)17-11-3-1-10(2-4-11)13-9-21-7-8-24-16(21)18-13/h1-4,9,12,19H,5-8H2,(H,17,23)(H,20,22). The number of aromatic nitrogens is 2.